The van der Waals surface area contributed by atoms with Crippen LogP contribution in [0, 0.1) is 10.1 Å². The van der Waals surface area contributed by atoms with Gasteiger partial charge in [-0.3, -0.25) is 0 Å². The van der Waals surface area contributed by atoms with E-state index < -0.39 is 4.92 Å². The highest BCUT2D eigenvalue weighted by molar-refractivity contribution is 9.93. The second-order valence-electron chi connectivity index (χ2n) is 1.45. The predicted octanol–water partition coefficient (Wildman–Crippen LogP) is 2.68. The van der Waals surface area contributed by atoms with Crippen LogP contribution in [0.4, 0.5) is 5.82 Å². The van der Waals surface area contributed by atoms with E-state index in [-0.39, 0.29) is 5.82 Å². The zero-order chi connectivity index (χ0) is 8.69. The lowest BCUT2D eigenvalue weighted by molar-refractivity contribution is -0.389. The van der Waals surface area contributed by atoms with Gasteiger partial charge in [-0.15, -0.1) is 0 Å². The van der Waals surface area contributed by atoms with Crippen molar-refractivity contribution in [1.29, 1.82) is 0 Å². The first-order chi connectivity index (χ1) is 5.30. The van der Waals surface area contributed by atoms with Crippen molar-refractivity contribution in [1.82, 2.24) is 4.98 Å². The molecule has 0 atom stereocenters. The Morgan fingerprint density at radius 1 is 1.45 bits per heavy atom. The third-order valence-electron chi connectivity index (χ3n) is 0.836. The molecular weight excluding hydrogens is 280 g/mol. The molecule has 0 spiro atoms. The van der Waals surface area contributed by atoms with Crippen LogP contribution < -0.4 is 0 Å². The van der Waals surface area contributed by atoms with Gasteiger partial charge in [0.2, 0.25) is 0 Å². The first kappa shape index (κ1) is 10.5. The van der Waals surface area contributed by atoms with Gasteiger partial charge in [0.25, 0.3) is 0 Å². The first-order valence-electron chi connectivity index (χ1n) is 2.50. The monoisotopic (exact) mass is 282 g/mol. The molecule has 0 amide bonds. The van der Waals surface area contributed by atoms with E-state index in [1.54, 1.807) is 12.1 Å². The highest BCUT2D eigenvalue weighted by Crippen LogP contribution is 2.01. The number of rotatable bonds is 1. The summed E-state index contributed by atoms with van der Waals surface area (Å²) in [5.41, 5.74) is 0. The van der Waals surface area contributed by atoms with E-state index in [2.05, 4.69) is 33.2 Å². The van der Waals surface area contributed by atoms with Crippen molar-refractivity contribution < 1.29 is 4.92 Å². The maximum atomic E-state index is 9.94. The van der Waals surface area contributed by atoms with Gasteiger partial charge < -0.3 is 10.1 Å². The molecule has 0 saturated carbocycles. The SMILES string of the molecule is BrBr.O=[N+]([O-])c1ccccn1. The topological polar surface area (TPSA) is 56.0 Å². The molecule has 0 fully saturated rings. The van der Waals surface area contributed by atoms with Crippen LogP contribution in [0.25, 0.3) is 0 Å². The molecule has 6 heteroatoms. The van der Waals surface area contributed by atoms with Gasteiger partial charge in [0.05, 0.1) is 0 Å². The van der Waals surface area contributed by atoms with Crippen molar-refractivity contribution in [3.05, 3.63) is 34.5 Å². The van der Waals surface area contributed by atoms with Crippen LogP contribution in [0.2, 0.25) is 0 Å². The van der Waals surface area contributed by atoms with Crippen molar-refractivity contribution >= 4 is 34.1 Å². The highest BCUT2D eigenvalue weighted by Gasteiger charge is 2.00. The standard InChI is InChI=1S/C5H4N2O2.Br2/c8-7(9)5-3-1-2-4-6-5;1-2/h1-4H;. The van der Waals surface area contributed by atoms with Gasteiger partial charge in [-0.25, -0.2) is 0 Å². The molecule has 0 aliphatic carbocycles. The van der Waals surface area contributed by atoms with Crippen molar-refractivity contribution in [3.63, 3.8) is 0 Å². The molecular formula is C5H4Br2N2O2. The van der Waals surface area contributed by atoms with Gasteiger partial charge in [-0.2, -0.15) is 0 Å². The summed E-state index contributed by atoms with van der Waals surface area (Å²) in [6.45, 7) is 0. The molecule has 0 aliphatic heterocycles. The van der Waals surface area contributed by atoms with Crippen molar-refractivity contribution in [3.8, 4) is 0 Å². The quantitative estimate of drug-likeness (QED) is 0.588. The van der Waals surface area contributed by atoms with Gasteiger partial charge in [-0.1, -0.05) is 6.07 Å². The molecule has 0 radical (unpaired) electrons. The molecule has 0 aromatic carbocycles. The Morgan fingerprint density at radius 3 is 2.36 bits per heavy atom. The zero-order valence-corrected chi connectivity index (χ0v) is 8.45. The summed E-state index contributed by atoms with van der Waals surface area (Å²) < 4.78 is 0. The van der Waals surface area contributed by atoms with Gasteiger partial charge in [0, 0.05) is 34.3 Å². The van der Waals surface area contributed by atoms with Crippen LogP contribution >= 0.6 is 28.3 Å². The molecule has 0 saturated heterocycles. The lowest BCUT2D eigenvalue weighted by Gasteiger charge is -1.86. The summed E-state index contributed by atoms with van der Waals surface area (Å²) in [5.74, 6) is -0.113. The fourth-order valence-electron chi connectivity index (χ4n) is 0.462. The van der Waals surface area contributed by atoms with E-state index in [1.807, 2.05) is 0 Å². The van der Waals surface area contributed by atoms with E-state index >= 15 is 0 Å². The van der Waals surface area contributed by atoms with Gasteiger partial charge in [-0.05, 0) is 16.0 Å². The van der Waals surface area contributed by atoms with Crippen molar-refractivity contribution in [2.75, 3.05) is 0 Å². The number of hydrogen-bond donors (Lipinski definition) is 0. The van der Waals surface area contributed by atoms with Crippen LogP contribution in [0.3, 0.4) is 0 Å². The molecule has 11 heavy (non-hydrogen) atoms. The smallest absolute Gasteiger partial charge is 0.358 e. The van der Waals surface area contributed by atoms with Crippen LogP contribution in [0.1, 0.15) is 0 Å². The third-order valence-corrected chi connectivity index (χ3v) is 0.836. The average molecular weight is 284 g/mol. The summed E-state index contributed by atoms with van der Waals surface area (Å²) in [6.07, 6.45) is 1.39. The Hall–Kier alpha value is -0.490. The molecule has 1 heterocycles. The van der Waals surface area contributed by atoms with E-state index in [0.29, 0.717) is 0 Å². The van der Waals surface area contributed by atoms with Crippen LogP contribution in [-0.4, -0.2) is 9.91 Å². The summed E-state index contributed by atoms with van der Waals surface area (Å²) in [6, 6.07) is 4.55. The maximum absolute atomic E-state index is 9.94. The number of nitrogens with zero attached hydrogens (tertiary/aromatic N) is 2. The number of aromatic nitrogens is 1. The number of pyridine rings is 1. The fraction of sp³-hybridized carbons (Fsp3) is 0. The van der Waals surface area contributed by atoms with Gasteiger partial charge in [0.1, 0.15) is 6.20 Å². The summed E-state index contributed by atoms with van der Waals surface area (Å²) >= 11 is 5.50. The number of halogens is 2. The van der Waals surface area contributed by atoms with Crippen LogP contribution in [0.5, 0.6) is 0 Å². The Balaban J connectivity index is 0.000000461. The predicted molar refractivity (Wildman–Crippen MR) is 48.7 cm³/mol. The summed E-state index contributed by atoms with van der Waals surface area (Å²) in [5, 5.41) is 9.94. The normalized spacial score (nSPS) is 7.82. The zero-order valence-electron chi connectivity index (χ0n) is 5.28. The molecule has 1 rings (SSSR count). The second-order valence-corrected chi connectivity index (χ2v) is 1.45. The fourth-order valence-corrected chi connectivity index (χ4v) is 0.462. The molecule has 4 nitrogen and oxygen atoms in total. The van der Waals surface area contributed by atoms with E-state index in [9.17, 15) is 10.1 Å². The maximum Gasteiger partial charge on any atom is 0.363 e. The molecule has 1 aromatic rings. The summed E-state index contributed by atoms with van der Waals surface area (Å²) in [7, 11) is 0. The Labute approximate surface area is 78.6 Å². The Bertz CT molecular complexity index is 217. The lowest BCUT2D eigenvalue weighted by Crippen LogP contribution is -1.88. The lowest BCUT2D eigenvalue weighted by atomic mass is 10.5. The average Bonchev–Trinajstić information content (AvgIpc) is 2.10. The largest absolute Gasteiger partial charge is 0.363 e. The molecule has 0 unspecified atom stereocenters. The highest BCUT2D eigenvalue weighted by atomic mass is 80.9. The Kier molecular flexibility index (Phi) is 5.96. The molecule has 60 valence electrons. The molecule has 0 aliphatic rings. The van der Waals surface area contributed by atoms with E-state index in [4.69, 9.17) is 0 Å². The minimum absolute atomic E-state index is 0.113. The van der Waals surface area contributed by atoms with Crippen LogP contribution in [0.15, 0.2) is 24.4 Å². The minimum atomic E-state index is -0.528. The van der Waals surface area contributed by atoms with Gasteiger partial charge in [0.15, 0.2) is 0 Å². The van der Waals surface area contributed by atoms with Crippen molar-refractivity contribution in [2.45, 2.75) is 0 Å². The third kappa shape index (κ3) is 4.05. The van der Waals surface area contributed by atoms with Gasteiger partial charge >= 0.3 is 5.82 Å². The minimum Gasteiger partial charge on any atom is -0.358 e. The molecule has 1 aromatic heterocycles. The van der Waals surface area contributed by atoms with Crippen molar-refractivity contribution in [2.24, 2.45) is 0 Å². The first-order valence-corrected chi connectivity index (χ1v) is 6.22. The number of hydrogen-bond acceptors (Lipinski definition) is 3. The van der Waals surface area contributed by atoms with E-state index in [1.165, 1.54) is 12.3 Å². The van der Waals surface area contributed by atoms with Crippen LogP contribution in [-0.2, 0) is 0 Å². The van der Waals surface area contributed by atoms with E-state index in [0.717, 1.165) is 0 Å². The Morgan fingerprint density at radius 2 is 2.09 bits per heavy atom. The number of nitro groups is 1. The molecule has 0 N–H and O–H groups in total. The summed E-state index contributed by atoms with van der Waals surface area (Å²) in [4.78, 5) is 12.9. The second kappa shape index (κ2) is 6.23. The molecule has 0 bridgehead atoms.